The molecule has 66 heavy (non-hydrogen) atoms. The SMILES string of the molecule is CC/C=C\C/C=C\C/C=C\C/C=C\CCCCCCCCC(=O)OCC(COC(=O)CCCCC/C=C\C=C/CCCC)OC(=O)CCCCCCCCCCCCCCCCCCCC. The molecule has 0 aromatic heterocycles. The first-order chi connectivity index (χ1) is 32.5. The molecule has 0 saturated heterocycles. The predicted molar refractivity (Wildman–Crippen MR) is 284 cm³/mol. The summed E-state index contributed by atoms with van der Waals surface area (Å²) in [5.74, 6) is -0.923. The van der Waals surface area contributed by atoms with Crippen LogP contribution in [0.4, 0.5) is 0 Å². The Kier molecular flexibility index (Phi) is 51.9. The van der Waals surface area contributed by atoms with E-state index in [1.54, 1.807) is 0 Å². The molecule has 0 amide bonds. The van der Waals surface area contributed by atoms with Crippen molar-refractivity contribution in [2.24, 2.45) is 0 Å². The van der Waals surface area contributed by atoms with Crippen molar-refractivity contribution in [1.29, 1.82) is 0 Å². The standard InChI is InChI=1S/C60H104O6/c1-4-7-10-13-16-19-22-24-26-28-30-32-33-35-38-41-44-47-50-53-59(62)65-56-57(55-64-58(61)52-49-46-43-40-37-21-18-15-12-9-6-3)66-60(63)54-51-48-45-42-39-36-34-31-29-27-25-23-20-17-14-11-8-5-2/h7,10,15-16,18-19,21,24,26,30,32,37,57H,4-6,8-9,11-14,17,20,22-23,25,27-29,31,33-36,38-56H2,1-3H3/b10-7-,18-15-,19-16-,26-24-,32-30-,37-21-. The Morgan fingerprint density at radius 1 is 0.333 bits per heavy atom. The van der Waals surface area contributed by atoms with Crippen molar-refractivity contribution in [3.63, 3.8) is 0 Å². The molecule has 6 nitrogen and oxygen atoms in total. The van der Waals surface area contributed by atoms with Crippen molar-refractivity contribution in [3.05, 3.63) is 72.9 Å². The number of carbonyl (C=O) groups excluding carboxylic acids is 3. The number of allylic oxidation sites excluding steroid dienone is 12. The van der Waals surface area contributed by atoms with E-state index in [2.05, 4.69) is 93.7 Å². The maximum absolute atomic E-state index is 12.8. The minimum atomic E-state index is -0.790. The van der Waals surface area contributed by atoms with Crippen LogP contribution >= 0.6 is 0 Å². The fraction of sp³-hybridized carbons (Fsp3) is 0.750. The molecule has 0 heterocycles. The Hall–Kier alpha value is -3.15. The molecular weight excluding hydrogens is 817 g/mol. The van der Waals surface area contributed by atoms with E-state index in [4.69, 9.17) is 14.2 Å². The molecule has 0 aliphatic rings. The summed E-state index contributed by atoms with van der Waals surface area (Å²) in [6, 6.07) is 0. The molecule has 0 aromatic rings. The minimum absolute atomic E-state index is 0.0898. The van der Waals surface area contributed by atoms with Gasteiger partial charge in [-0.3, -0.25) is 14.4 Å². The van der Waals surface area contributed by atoms with E-state index in [0.29, 0.717) is 19.3 Å². The average Bonchev–Trinajstić information content (AvgIpc) is 3.31. The van der Waals surface area contributed by atoms with Gasteiger partial charge in [0.25, 0.3) is 0 Å². The summed E-state index contributed by atoms with van der Waals surface area (Å²) in [4.78, 5) is 38.1. The van der Waals surface area contributed by atoms with Crippen molar-refractivity contribution in [1.82, 2.24) is 0 Å². The Morgan fingerprint density at radius 2 is 0.652 bits per heavy atom. The fourth-order valence-corrected chi connectivity index (χ4v) is 7.76. The lowest BCUT2D eigenvalue weighted by atomic mass is 10.0. The molecule has 0 spiro atoms. The quantitative estimate of drug-likeness (QED) is 0.0199. The van der Waals surface area contributed by atoms with Crippen molar-refractivity contribution < 1.29 is 28.6 Å². The van der Waals surface area contributed by atoms with E-state index in [-0.39, 0.29) is 31.1 Å². The third kappa shape index (κ3) is 51.8. The summed E-state index contributed by atoms with van der Waals surface area (Å²) in [6.07, 6.45) is 68.9. The van der Waals surface area contributed by atoms with E-state index >= 15 is 0 Å². The van der Waals surface area contributed by atoms with Gasteiger partial charge in [-0.25, -0.2) is 0 Å². The van der Waals surface area contributed by atoms with E-state index < -0.39 is 6.10 Å². The zero-order valence-electron chi connectivity index (χ0n) is 43.4. The second kappa shape index (κ2) is 54.5. The molecule has 0 aromatic carbocycles. The molecule has 380 valence electrons. The van der Waals surface area contributed by atoms with Gasteiger partial charge >= 0.3 is 17.9 Å². The van der Waals surface area contributed by atoms with Crippen molar-refractivity contribution in [2.45, 2.75) is 277 Å². The maximum atomic E-state index is 12.8. The van der Waals surface area contributed by atoms with Gasteiger partial charge in [-0.2, -0.15) is 0 Å². The highest BCUT2D eigenvalue weighted by Crippen LogP contribution is 2.16. The van der Waals surface area contributed by atoms with Crippen LogP contribution in [0.25, 0.3) is 0 Å². The van der Waals surface area contributed by atoms with Crippen LogP contribution < -0.4 is 0 Å². The third-order valence-electron chi connectivity index (χ3n) is 12.0. The monoisotopic (exact) mass is 921 g/mol. The van der Waals surface area contributed by atoms with Crippen LogP contribution in [0.2, 0.25) is 0 Å². The van der Waals surface area contributed by atoms with E-state index in [9.17, 15) is 14.4 Å². The van der Waals surface area contributed by atoms with Crippen LogP contribution in [0.3, 0.4) is 0 Å². The lowest BCUT2D eigenvalue weighted by Crippen LogP contribution is -2.30. The minimum Gasteiger partial charge on any atom is -0.462 e. The van der Waals surface area contributed by atoms with Gasteiger partial charge in [-0.15, -0.1) is 0 Å². The lowest BCUT2D eigenvalue weighted by molar-refractivity contribution is -0.167. The van der Waals surface area contributed by atoms with Crippen LogP contribution in [0.15, 0.2) is 72.9 Å². The van der Waals surface area contributed by atoms with Gasteiger partial charge in [-0.1, -0.05) is 248 Å². The highest BCUT2D eigenvalue weighted by Gasteiger charge is 2.19. The van der Waals surface area contributed by atoms with Crippen LogP contribution in [-0.4, -0.2) is 37.2 Å². The Morgan fingerprint density at radius 3 is 1.08 bits per heavy atom. The second-order valence-electron chi connectivity index (χ2n) is 18.5. The number of ether oxygens (including phenoxy) is 3. The Bertz CT molecular complexity index is 1240. The molecule has 0 bridgehead atoms. The highest BCUT2D eigenvalue weighted by atomic mass is 16.6. The first-order valence-electron chi connectivity index (χ1n) is 28.0. The van der Waals surface area contributed by atoms with Gasteiger partial charge in [0.05, 0.1) is 0 Å². The molecular formula is C60H104O6. The largest absolute Gasteiger partial charge is 0.462 e. The Labute approximate surface area is 408 Å². The summed E-state index contributed by atoms with van der Waals surface area (Å²) in [7, 11) is 0. The number of carbonyl (C=O) groups is 3. The van der Waals surface area contributed by atoms with Gasteiger partial charge in [0.15, 0.2) is 6.10 Å². The number of hydrogen-bond donors (Lipinski definition) is 0. The molecule has 0 saturated carbocycles. The summed E-state index contributed by atoms with van der Waals surface area (Å²) < 4.78 is 16.8. The number of unbranched alkanes of at least 4 members (excludes halogenated alkanes) is 28. The predicted octanol–water partition coefficient (Wildman–Crippen LogP) is 18.6. The molecule has 0 aliphatic heterocycles. The molecule has 0 rings (SSSR count). The summed E-state index contributed by atoms with van der Waals surface area (Å²) in [6.45, 7) is 6.46. The molecule has 1 unspecified atom stereocenters. The first kappa shape index (κ1) is 62.8. The van der Waals surface area contributed by atoms with Gasteiger partial charge in [0, 0.05) is 19.3 Å². The van der Waals surface area contributed by atoms with Gasteiger partial charge in [-0.05, 0) is 77.0 Å². The summed E-state index contributed by atoms with van der Waals surface area (Å²) in [5.41, 5.74) is 0. The molecule has 0 N–H and O–H groups in total. The van der Waals surface area contributed by atoms with Crippen LogP contribution in [0, 0.1) is 0 Å². The summed E-state index contributed by atoms with van der Waals surface area (Å²) in [5, 5.41) is 0. The number of esters is 3. The average molecular weight is 921 g/mol. The first-order valence-corrected chi connectivity index (χ1v) is 28.0. The van der Waals surface area contributed by atoms with E-state index in [1.807, 2.05) is 0 Å². The van der Waals surface area contributed by atoms with Crippen LogP contribution in [-0.2, 0) is 28.6 Å². The van der Waals surface area contributed by atoms with Gasteiger partial charge in [0.1, 0.15) is 13.2 Å². The molecule has 0 fully saturated rings. The lowest BCUT2D eigenvalue weighted by Gasteiger charge is -2.18. The van der Waals surface area contributed by atoms with Gasteiger partial charge in [0.2, 0.25) is 0 Å². The van der Waals surface area contributed by atoms with Crippen molar-refractivity contribution in [2.75, 3.05) is 13.2 Å². The van der Waals surface area contributed by atoms with Gasteiger partial charge < -0.3 is 14.2 Å². The van der Waals surface area contributed by atoms with E-state index in [0.717, 1.165) is 103 Å². The van der Waals surface area contributed by atoms with Crippen molar-refractivity contribution >= 4 is 17.9 Å². The second-order valence-corrected chi connectivity index (χ2v) is 18.5. The zero-order chi connectivity index (χ0) is 47.9. The highest BCUT2D eigenvalue weighted by molar-refractivity contribution is 5.71. The number of rotatable bonds is 50. The smallest absolute Gasteiger partial charge is 0.306 e. The van der Waals surface area contributed by atoms with Crippen LogP contribution in [0.5, 0.6) is 0 Å². The van der Waals surface area contributed by atoms with Crippen LogP contribution in [0.1, 0.15) is 271 Å². The van der Waals surface area contributed by atoms with Crippen molar-refractivity contribution in [3.8, 4) is 0 Å². The molecule has 1 atom stereocenters. The fourth-order valence-electron chi connectivity index (χ4n) is 7.76. The Balaban J connectivity index is 4.36. The zero-order valence-corrected chi connectivity index (χ0v) is 43.4. The summed E-state index contributed by atoms with van der Waals surface area (Å²) >= 11 is 0. The third-order valence-corrected chi connectivity index (χ3v) is 12.0. The molecule has 6 heteroatoms. The number of hydrogen-bond acceptors (Lipinski definition) is 6. The van der Waals surface area contributed by atoms with E-state index in [1.165, 1.54) is 128 Å². The topological polar surface area (TPSA) is 78.9 Å². The maximum Gasteiger partial charge on any atom is 0.306 e. The normalized spacial score (nSPS) is 12.6. The molecule has 0 radical (unpaired) electrons. The molecule has 0 aliphatic carbocycles.